The molecule has 0 aromatic rings. The van der Waals surface area contributed by atoms with Crippen molar-refractivity contribution < 1.29 is 9.84 Å². The van der Waals surface area contributed by atoms with Crippen molar-refractivity contribution in [2.24, 2.45) is 5.92 Å². The summed E-state index contributed by atoms with van der Waals surface area (Å²) in [5, 5.41) is 10.5. The molecule has 1 aliphatic rings. The summed E-state index contributed by atoms with van der Waals surface area (Å²) in [7, 11) is 0. The van der Waals surface area contributed by atoms with Gasteiger partial charge in [0, 0.05) is 6.42 Å². The van der Waals surface area contributed by atoms with Crippen LogP contribution < -0.4 is 0 Å². The fourth-order valence-electron chi connectivity index (χ4n) is 2.04. The Bertz CT molecular complexity index is 230. The molecule has 1 saturated heterocycles. The van der Waals surface area contributed by atoms with Gasteiger partial charge in [-0.2, -0.15) is 0 Å². The Kier molecular flexibility index (Phi) is 3.07. The summed E-state index contributed by atoms with van der Waals surface area (Å²) in [6, 6.07) is 0. The van der Waals surface area contributed by atoms with Crippen molar-refractivity contribution in [2.45, 2.75) is 51.7 Å². The lowest BCUT2D eigenvalue weighted by atomic mass is 9.78. The molecule has 82 valence electrons. The minimum atomic E-state index is -0.656. The molecule has 1 fully saturated rings. The lowest BCUT2D eigenvalue weighted by Gasteiger charge is -2.36. The molecule has 1 aliphatic heterocycles. The molecular weight excluding hydrogens is 176 g/mol. The maximum absolute atomic E-state index is 10.5. The first-order chi connectivity index (χ1) is 6.25. The van der Waals surface area contributed by atoms with Gasteiger partial charge in [-0.15, -0.1) is 0 Å². The highest BCUT2D eigenvalue weighted by molar-refractivity contribution is 5.07. The highest BCUT2D eigenvalue weighted by Crippen LogP contribution is 2.37. The summed E-state index contributed by atoms with van der Waals surface area (Å²) in [6.45, 7) is 12.7. The van der Waals surface area contributed by atoms with E-state index in [1.54, 1.807) is 0 Å². The number of hydrogen-bond donors (Lipinski definition) is 1. The van der Waals surface area contributed by atoms with E-state index in [0.717, 1.165) is 5.57 Å². The van der Waals surface area contributed by atoms with Gasteiger partial charge in [-0.1, -0.05) is 20.4 Å². The Labute approximate surface area is 87.0 Å². The Hall–Kier alpha value is -0.340. The van der Waals surface area contributed by atoms with Crippen molar-refractivity contribution in [3.63, 3.8) is 0 Å². The summed E-state index contributed by atoms with van der Waals surface area (Å²) in [5.74, 6) is 0.236. The third-order valence-corrected chi connectivity index (χ3v) is 3.03. The second kappa shape index (κ2) is 3.67. The highest BCUT2D eigenvalue weighted by Gasteiger charge is 2.40. The minimum Gasteiger partial charge on any atom is -0.389 e. The Morgan fingerprint density at radius 1 is 1.43 bits per heavy atom. The van der Waals surface area contributed by atoms with E-state index in [0.29, 0.717) is 19.4 Å². The molecule has 1 rings (SSSR count). The van der Waals surface area contributed by atoms with Gasteiger partial charge in [0.05, 0.1) is 17.8 Å². The van der Waals surface area contributed by atoms with Crippen LogP contribution in [0.3, 0.4) is 0 Å². The van der Waals surface area contributed by atoms with Crippen molar-refractivity contribution in [1.29, 1.82) is 0 Å². The molecule has 2 nitrogen and oxygen atoms in total. The van der Waals surface area contributed by atoms with Crippen molar-refractivity contribution in [3.8, 4) is 0 Å². The average Bonchev–Trinajstić information content (AvgIpc) is 2.08. The highest BCUT2D eigenvalue weighted by atomic mass is 16.5. The van der Waals surface area contributed by atoms with Crippen LogP contribution in [0.4, 0.5) is 0 Å². The van der Waals surface area contributed by atoms with Crippen LogP contribution in [0.15, 0.2) is 12.2 Å². The van der Waals surface area contributed by atoms with Crippen molar-refractivity contribution in [1.82, 2.24) is 0 Å². The second-order valence-corrected chi connectivity index (χ2v) is 5.41. The molecule has 0 bridgehead atoms. The second-order valence-electron chi connectivity index (χ2n) is 5.41. The zero-order chi connectivity index (χ0) is 11.0. The molecule has 0 radical (unpaired) electrons. The van der Waals surface area contributed by atoms with Crippen molar-refractivity contribution >= 4 is 0 Å². The van der Waals surface area contributed by atoms with Gasteiger partial charge in [0.15, 0.2) is 0 Å². The van der Waals surface area contributed by atoms with Gasteiger partial charge in [0.1, 0.15) is 0 Å². The van der Waals surface area contributed by atoms with Crippen molar-refractivity contribution in [3.05, 3.63) is 12.2 Å². The molecule has 0 aromatic carbocycles. The molecule has 0 aliphatic carbocycles. The standard InChI is InChI=1S/C12H22O2/c1-9(2)12(13)6-10(3)7-14-11(4,5)8-12/h9,13H,3,6-8H2,1-2,4-5H3. The third kappa shape index (κ3) is 2.58. The van der Waals surface area contributed by atoms with Crippen LogP contribution in [0.1, 0.15) is 40.5 Å². The molecule has 2 heteroatoms. The Morgan fingerprint density at radius 2 is 2.00 bits per heavy atom. The summed E-state index contributed by atoms with van der Waals surface area (Å²) in [5.41, 5.74) is 0.0852. The van der Waals surface area contributed by atoms with E-state index >= 15 is 0 Å². The molecule has 0 spiro atoms. The lowest BCUT2D eigenvalue weighted by Crippen LogP contribution is -2.41. The molecule has 14 heavy (non-hydrogen) atoms. The van der Waals surface area contributed by atoms with Gasteiger partial charge in [-0.25, -0.2) is 0 Å². The molecule has 0 saturated carbocycles. The topological polar surface area (TPSA) is 29.5 Å². The molecule has 1 N–H and O–H groups in total. The van der Waals surface area contributed by atoms with E-state index in [2.05, 4.69) is 20.4 Å². The maximum Gasteiger partial charge on any atom is 0.0735 e. The van der Waals surface area contributed by atoms with Crippen LogP contribution >= 0.6 is 0 Å². The predicted octanol–water partition coefficient (Wildman–Crippen LogP) is 2.52. The zero-order valence-corrected chi connectivity index (χ0v) is 9.76. The monoisotopic (exact) mass is 198 g/mol. The van der Waals surface area contributed by atoms with E-state index < -0.39 is 5.60 Å². The van der Waals surface area contributed by atoms with Crippen molar-refractivity contribution in [2.75, 3.05) is 6.61 Å². The number of ether oxygens (including phenoxy) is 1. The molecular formula is C12H22O2. The Balaban J connectivity index is 2.89. The largest absolute Gasteiger partial charge is 0.389 e. The lowest BCUT2D eigenvalue weighted by molar-refractivity contribution is -0.0790. The smallest absolute Gasteiger partial charge is 0.0735 e. The minimum absolute atomic E-state index is 0.236. The molecule has 0 aromatic heterocycles. The molecule has 0 amide bonds. The van der Waals surface area contributed by atoms with Crippen LogP contribution in [0.2, 0.25) is 0 Å². The fourth-order valence-corrected chi connectivity index (χ4v) is 2.04. The van der Waals surface area contributed by atoms with Crippen LogP contribution in [0, 0.1) is 5.92 Å². The number of rotatable bonds is 1. The SMILES string of the molecule is C=C1COC(C)(C)CC(O)(C(C)C)C1. The van der Waals surface area contributed by atoms with E-state index in [1.807, 2.05) is 13.8 Å². The predicted molar refractivity (Wildman–Crippen MR) is 58.2 cm³/mol. The van der Waals surface area contributed by atoms with Gasteiger partial charge in [0.25, 0.3) is 0 Å². The van der Waals surface area contributed by atoms with Gasteiger partial charge in [-0.3, -0.25) is 0 Å². The molecule has 1 atom stereocenters. The molecule has 1 unspecified atom stereocenters. The summed E-state index contributed by atoms with van der Waals surface area (Å²) < 4.78 is 5.69. The number of hydrogen-bond acceptors (Lipinski definition) is 2. The third-order valence-electron chi connectivity index (χ3n) is 3.03. The van der Waals surface area contributed by atoms with E-state index in [9.17, 15) is 5.11 Å². The van der Waals surface area contributed by atoms with Gasteiger partial charge >= 0.3 is 0 Å². The normalized spacial score (nSPS) is 33.1. The zero-order valence-electron chi connectivity index (χ0n) is 9.76. The first-order valence-corrected chi connectivity index (χ1v) is 5.28. The first kappa shape index (κ1) is 11.7. The van der Waals surface area contributed by atoms with Crippen LogP contribution in [0.25, 0.3) is 0 Å². The summed E-state index contributed by atoms with van der Waals surface area (Å²) in [4.78, 5) is 0. The summed E-state index contributed by atoms with van der Waals surface area (Å²) >= 11 is 0. The van der Waals surface area contributed by atoms with Gasteiger partial charge < -0.3 is 9.84 Å². The maximum atomic E-state index is 10.5. The quantitative estimate of drug-likeness (QED) is 0.656. The van der Waals surface area contributed by atoms with E-state index in [4.69, 9.17) is 4.74 Å². The van der Waals surface area contributed by atoms with Gasteiger partial charge in [0.2, 0.25) is 0 Å². The van der Waals surface area contributed by atoms with E-state index in [1.165, 1.54) is 0 Å². The van der Waals surface area contributed by atoms with Crippen LogP contribution in [-0.2, 0) is 4.74 Å². The fraction of sp³-hybridized carbons (Fsp3) is 0.833. The van der Waals surface area contributed by atoms with E-state index in [-0.39, 0.29) is 11.5 Å². The average molecular weight is 198 g/mol. The first-order valence-electron chi connectivity index (χ1n) is 5.28. The number of aliphatic hydroxyl groups is 1. The van der Waals surface area contributed by atoms with Crippen LogP contribution in [0.5, 0.6) is 0 Å². The van der Waals surface area contributed by atoms with Crippen LogP contribution in [-0.4, -0.2) is 22.9 Å². The van der Waals surface area contributed by atoms with Gasteiger partial charge in [-0.05, 0) is 31.8 Å². The summed E-state index contributed by atoms with van der Waals surface area (Å²) in [6.07, 6.45) is 1.34. The molecule has 1 heterocycles. The Morgan fingerprint density at radius 3 is 2.50 bits per heavy atom.